The monoisotopic (exact) mass is 321 g/mol. The van der Waals surface area contributed by atoms with Crippen LogP contribution in [0, 0.1) is 11.6 Å². The molecule has 0 radical (unpaired) electrons. The fraction of sp³-hybridized carbons (Fsp3) is 0.588. The van der Waals surface area contributed by atoms with E-state index in [0.29, 0.717) is 12.1 Å². The summed E-state index contributed by atoms with van der Waals surface area (Å²) in [6, 6.07) is 4.26. The van der Waals surface area contributed by atoms with Crippen LogP contribution in [-0.2, 0) is 11.3 Å². The molecule has 1 aromatic carbocycles. The van der Waals surface area contributed by atoms with Gasteiger partial charge in [-0.05, 0) is 31.9 Å². The van der Waals surface area contributed by atoms with Gasteiger partial charge < -0.3 is 10.2 Å². The zero-order valence-corrected chi connectivity index (χ0v) is 13.0. The zero-order valence-electron chi connectivity index (χ0n) is 13.0. The largest absolute Gasteiger partial charge is 0.335 e. The third-order valence-electron chi connectivity index (χ3n) is 5.38. The summed E-state index contributed by atoms with van der Waals surface area (Å²) in [6.45, 7) is 2.91. The second kappa shape index (κ2) is 5.83. The molecule has 124 valence electrons. The van der Waals surface area contributed by atoms with Crippen molar-refractivity contribution in [2.75, 3.05) is 19.6 Å². The van der Waals surface area contributed by atoms with Crippen LogP contribution in [-0.4, -0.2) is 53.5 Å². The lowest BCUT2D eigenvalue weighted by atomic mass is 10.1. The fourth-order valence-corrected chi connectivity index (χ4v) is 4.18. The van der Waals surface area contributed by atoms with E-state index < -0.39 is 11.6 Å². The summed E-state index contributed by atoms with van der Waals surface area (Å²) in [6.07, 6.45) is 2.95. The number of fused-ring (bicyclic) bond motifs is 2. The van der Waals surface area contributed by atoms with Crippen molar-refractivity contribution in [3.8, 4) is 0 Å². The van der Waals surface area contributed by atoms with Gasteiger partial charge in [-0.1, -0.05) is 6.07 Å². The highest BCUT2D eigenvalue weighted by atomic mass is 19.1. The Labute approximate surface area is 134 Å². The molecule has 1 aromatic rings. The number of hydrogen-bond donors (Lipinski definition) is 1. The van der Waals surface area contributed by atoms with Gasteiger partial charge in [0.1, 0.15) is 11.6 Å². The quantitative estimate of drug-likeness (QED) is 0.916. The molecule has 3 atom stereocenters. The van der Waals surface area contributed by atoms with E-state index >= 15 is 0 Å². The van der Waals surface area contributed by atoms with E-state index in [-0.39, 0.29) is 24.0 Å². The second-order valence-corrected chi connectivity index (χ2v) is 6.85. The van der Waals surface area contributed by atoms with Crippen LogP contribution >= 0.6 is 0 Å². The molecule has 0 aromatic heterocycles. The maximum atomic E-state index is 13.8. The molecule has 1 N–H and O–H groups in total. The number of likely N-dealkylation sites (tertiary alicyclic amines) is 2. The second-order valence-electron chi connectivity index (χ2n) is 6.85. The number of carbonyl (C=O) groups excluding carboxylic acids is 1. The number of piperazine rings is 1. The topological polar surface area (TPSA) is 35.6 Å². The van der Waals surface area contributed by atoms with Crippen molar-refractivity contribution in [2.45, 2.75) is 43.9 Å². The lowest BCUT2D eigenvalue weighted by Crippen LogP contribution is -2.52. The molecule has 4 nitrogen and oxygen atoms in total. The summed E-state index contributed by atoms with van der Waals surface area (Å²) in [5.41, 5.74) is 0.522. The number of carbonyl (C=O) groups is 1. The van der Waals surface area contributed by atoms with Crippen molar-refractivity contribution < 1.29 is 13.6 Å². The third-order valence-corrected chi connectivity index (χ3v) is 5.38. The summed E-state index contributed by atoms with van der Waals surface area (Å²) in [4.78, 5) is 16.8. The van der Waals surface area contributed by atoms with Crippen LogP contribution in [0.1, 0.15) is 24.8 Å². The Balaban J connectivity index is 1.39. The molecule has 0 unspecified atom stereocenters. The maximum absolute atomic E-state index is 13.8. The number of nitrogens with zero attached hydrogens (tertiary/aromatic N) is 2. The van der Waals surface area contributed by atoms with E-state index in [1.165, 1.54) is 12.1 Å². The number of benzene rings is 1. The molecule has 0 saturated carbocycles. The van der Waals surface area contributed by atoms with E-state index in [9.17, 15) is 13.6 Å². The minimum absolute atomic E-state index is 0.0163. The average Bonchev–Trinajstić information content (AvgIpc) is 3.25. The van der Waals surface area contributed by atoms with Crippen LogP contribution in [0.15, 0.2) is 18.2 Å². The molecule has 3 fully saturated rings. The number of amides is 1. The Morgan fingerprint density at radius 2 is 2.13 bits per heavy atom. The van der Waals surface area contributed by atoms with Crippen molar-refractivity contribution in [3.63, 3.8) is 0 Å². The molecule has 3 heterocycles. The first-order chi connectivity index (χ1) is 11.1. The van der Waals surface area contributed by atoms with Gasteiger partial charge >= 0.3 is 0 Å². The van der Waals surface area contributed by atoms with E-state index in [0.717, 1.165) is 45.0 Å². The molecule has 3 aliphatic rings. The highest BCUT2D eigenvalue weighted by molar-refractivity contribution is 5.83. The standard InChI is InChI=1S/C17H21F2N3O/c18-12-4-3-11(15(19)6-12)8-21-9-14-7-13(21)10-22(14)17(23)16-2-1-5-20-16/h3-4,6,13-14,16,20H,1-2,5,7-10H2/t13-,14-,16-/m0/s1. The first-order valence-corrected chi connectivity index (χ1v) is 8.33. The molecule has 0 spiro atoms. The van der Waals surface area contributed by atoms with Gasteiger partial charge in [0.05, 0.1) is 6.04 Å². The van der Waals surface area contributed by atoms with Crippen molar-refractivity contribution in [2.24, 2.45) is 0 Å². The van der Waals surface area contributed by atoms with Crippen molar-refractivity contribution in [1.82, 2.24) is 15.1 Å². The Morgan fingerprint density at radius 1 is 1.26 bits per heavy atom. The van der Waals surface area contributed by atoms with Crippen molar-refractivity contribution in [3.05, 3.63) is 35.4 Å². The van der Waals surface area contributed by atoms with Gasteiger partial charge in [-0.15, -0.1) is 0 Å². The third kappa shape index (κ3) is 2.74. The molecular weight excluding hydrogens is 300 g/mol. The molecule has 0 aliphatic carbocycles. The van der Waals surface area contributed by atoms with Crippen LogP contribution in [0.2, 0.25) is 0 Å². The minimum atomic E-state index is -0.546. The van der Waals surface area contributed by atoms with E-state index in [1.807, 2.05) is 4.90 Å². The Kier molecular flexibility index (Phi) is 3.81. The number of hydrogen-bond acceptors (Lipinski definition) is 3. The van der Waals surface area contributed by atoms with Gasteiger partial charge in [-0.25, -0.2) is 8.78 Å². The molecule has 1 amide bonds. The normalized spacial score (nSPS) is 30.3. The first-order valence-electron chi connectivity index (χ1n) is 8.33. The smallest absolute Gasteiger partial charge is 0.240 e. The molecule has 2 bridgehead atoms. The maximum Gasteiger partial charge on any atom is 0.240 e. The SMILES string of the molecule is O=C([C@@H]1CCCN1)N1C[C@@H]2C[C@H]1CN2Cc1ccc(F)cc1F. The number of halogens is 2. The predicted octanol–water partition coefficient (Wildman–Crippen LogP) is 1.50. The Hall–Kier alpha value is -1.53. The van der Waals surface area contributed by atoms with Crippen LogP contribution in [0.25, 0.3) is 0 Å². The number of rotatable bonds is 3. The Bertz CT molecular complexity index is 618. The van der Waals surface area contributed by atoms with Gasteiger partial charge in [0.15, 0.2) is 0 Å². The van der Waals surface area contributed by atoms with Crippen LogP contribution in [0.5, 0.6) is 0 Å². The highest BCUT2D eigenvalue weighted by Crippen LogP contribution is 2.33. The molecule has 23 heavy (non-hydrogen) atoms. The van der Waals surface area contributed by atoms with Crippen LogP contribution in [0.3, 0.4) is 0 Å². The fourth-order valence-electron chi connectivity index (χ4n) is 4.18. The summed E-state index contributed by atoms with van der Waals surface area (Å²) in [7, 11) is 0. The first kappa shape index (κ1) is 15.0. The molecular formula is C17H21F2N3O. The lowest BCUT2D eigenvalue weighted by Gasteiger charge is -2.35. The van der Waals surface area contributed by atoms with Crippen molar-refractivity contribution in [1.29, 1.82) is 0 Å². The summed E-state index contributed by atoms with van der Waals surface area (Å²) < 4.78 is 26.8. The van der Waals surface area contributed by atoms with E-state index in [1.54, 1.807) is 0 Å². The van der Waals surface area contributed by atoms with Gasteiger partial charge in [0.2, 0.25) is 5.91 Å². The van der Waals surface area contributed by atoms with E-state index in [2.05, 4.69) is 10.2 Å². The number of nitrogens with one attached hydrogen (secondary N) is 1. The van der Waals surface area contributed by atoms with Crippen LogP contribution in [0.4, 0.5) is 8.78 Å². The van der Waals surface area contributed by atoms with Crippen LogP contribution < -0.4 is 5.32 Å². The molecule has 3 saturated heterocycles. The summed E-state index contributed by atoms with van der Waals surface area (Å²) in [5.74, 6) is -0.812. The molecule has 3 aliphatic heterocycles. The van der Waals surface area contributed by atoms with Gasteiger partial charge in [-0.3, -0.25) is 9.69 Å². The minimum Gasteiger partial charge on any atom is -0.335 e. The summed E-state index contributed by atoms with van der Waals surface area (Å²) >= 11 is 0. The summed E-state index contributed by atoms with van der Waals surface area (Å²) in [5, 5.41) is 3.27. The van der Waals surface area contributed by atoms with Crippen molar-refractivity contribution >= 4 is 5.91 Å². The average molecular weight is 321 g/mol. The Morgan fingerprint density at radius 3 is 2.78 bits per heavy atom. The lowest BCUT2D eigenvalue weighted by molar-refractivity contribution is -0.135. The van der Waals surface area contributed by atoms with E-state index in [4.69, 9.17) is 0 Å². The molecule has 6 heteroatoms. The predicted molar refractivity (Wildman–Crippen MR) is 81.7 cm³/mol. The van der Waals surface area contributed by atoms with Gasteiger partial charge in [-0.2, -0.15) is 0 Å². The van der Waals surface area contributed by atoms with Gasteiger partial charge in [0.25, 0.3) is 0 Å². The molecule has 4 rings (SSSR count). The zero-order chi connectivity index (χ0) is 16.0. The van der Waals surface area contributed by atoms with Gasteiger partial charge in [0, 0.05) is 43.3 Å². The highest BCUT2D eigenvalue weighted by Gasteiger charge is 2.46.